The van der Waals surface area contributed by atoms with Gasteiger partial charge >= 0.3 is 0 Å². The highest BCUT2D eigenvalue weighted by atomic mass is 16.5. The summed E-state index contributed by atoms with van der Waals surface area (Å²) in [6, 6.07) is 12.5. The van der Waals surface area contributed by atoms with Crippen LogP contribution in [0.5, 0.6) is 5.75 Å². The number of oxazole rings is 1. The molecule has 168 valence electrons. The monoisotopic (exact) mass is 445 g/mol. The second-order valence-electron chi connectivity index (χ2n) is 7.64. The largest absolute Gasteiger partial charge is 0.496 e. The van der Waals surface area contributed by atoms with E-state index in [4.69, 9.17) is 13.9 Å². The molecule has 1 aliphatic rings. The molecule has 4 heterocycles. The van der Waals surface area contributed by atoms with Crippen molar-refractivity contribution in [2.75, 3.05) is 38.7 Å². The number of morpholine rings is 1. The third-order valence-electron chi connectivity index (χ3n) is 5.45. The lowest BCUT2D eigenvalue weighted by Gasteiger charge is -2.27. The van der Waals surface area contributed by atoms with E-state index in [0.717, 1.165) is 24.4 Å². The summed E-state index contributed by atoms with van der Waals surface area (Å²) >= 11 is 0. The van der Waals surface area contributed by atoms with Gasteiger partial charge in [-0.2, -0.15) is 4.98 Å². The topological polar surface area (TPSA) is 103 Å². The van der Waals surface area contributed by atoms with Crippen molar-refractivity contribution in [3.05, 3.63) is 66.0 Å². The van der Waals surface area contributed by atoms with Gasteiger partial charge in [-0.05, 0) is 42.5 Å². The highest BCUT2D eigenvalue weighted by Crippen LogP contribution is 2.25. The summed E-state index contributed by atoms with van der Waals surface area (Å²) in [5.74, 6) is 1.31. The van der Waals surface area contributed by atoms with Crippen LogP contribution in [0.4, 0.5) is 5.82 Å². The molecule has 0 atom stereocenters. The molecule has 4 aromatic rings. The summed E-state index contributed by atoms with van der Waals surface area (Å²) in [6.45, 7) is 3.80. The number of hydrogen-bond donors (Lipinski definition) is 1. The lowest BCUT2D eigenvalue weighted by molar-refractivity contribution is 0.0338. The van der Waals surface area contributed by atoms with Gasteiger partial charge in [-0.25, -0.2) is 9.97 Å². The summed E-state index contributed by atoms with van der Waals surface area (Å²) in [5.41, 5.74) is 3.30. The smallest absolute Gasteiger partial charge is 0.256 e. The molecular weight excluding hydrogens is 422 g/mol. The van der Waals surface area contributed by atoms with Gasteiger partial charge in [-0.3, -0.25) is 9.69 Å². The Kier molecular flexibility index (Phi) is 5.97. The van der Waals surface area contributed by atoms with Crippen LogP contribution in [0.25, 0.3) is 22.7 Å². The first-order chi connectivity index (χ1) is 16.2. The van der Waals surface area contributed by atoms with Crippen molar-refractivity contribution in [1.82, 2.24) is 19.9 Å². The molecule has 0 saturated carbocycles. The quantitative estimate of drug-likeness (QED) is 0.482. The van der Waals surface area contributed by atoms with Crippen molar-refractivity contribution >= 4 is 23.0 Å². The Balaban J connectivity index is 1.35. The van der Waals surface area contributed by atoms with Crippen LogP contribution in [0.2, 0.25) is 0 Å². The van der Waals surface area contributed by atoms with Gasteiger partial charge in [0.05, 0.1) is 20.3 Å². The Morgan fingerprint density at radius 3 is 2.82 bits per heavy atom. The standard InChI is InChI=1S/C24H23N5O4/c1-31-19-5-4-16(13-18(19)15-29-9-11-32-12-10-29)23(30)27-21-14-17(6-8-25-21)24-28-22-20(33-24)3-2-7-26-22/h2-8,13-14H,9-12,15H2,1H3,(H,25,27,30). The molecule has 3 aromatic heterocycles. The van der Waals surface area contributed by atoms with Crippen LogP contribution in [-0.4, -0.2) is 59.2 Å². The third kappa shape index (κ3) is 4.69. The van der Waals surface area contributed by atoms with Crippen LogP contribution in [0.15, 0.2) is 59.3 Å². The zero-order valence-electron chi connectivity index (χ0n) is 18.2. The molecule has 1 aromatic carbocycles. The number of pyridine rings is 2. The first-order valence-electron chi connectivity index (χ1n) is 10.7. The van der Waals surface area contributed by atoms with Gasteiger partial charge < -0.3 is 19.2 Å². The van der Waals surface area contributed by atoms with E-state index >= 15 is 0 Å². The van der Waals surface area contributed by atoms with Gasteiger partial charge in [0.15, 0.2) is 11.2 Å². The van der Waals surface area contributed by atoms with Crippen molar-refractivity contribution in [1.29, 1.82) is 0 Å². The van der Waals surface area contributed by atoms with Crippen molar-refractivity contribution in [3.8, 4) is 17.2 Å². The predicted octanol–water partition coefficient (Wildman–Crippen LogP) is 3.38. The average Bonchev–Trinajstić information content (AvgIpc) is 3.29. The van der Waals surface area contributed by atoms with E-state index in [1.165, 1.54) is 0 Å². The Labute approximate surface area is 190 Å². The van der Waals surface area contributed by atoms with Crippen LogP contribution in [-0.2, 0) is 11.3 Å². The summed E-state index contributed by atoms with van der Waals surface area (Å²) in [7, 11) is 1.63. The SMILES string of the molecule is COc1ccc(C(=O)Nc2cc(-c3nc4ncccc4o3)ccn2)cc1CN1CCOCC1. The Bertz CT molecular complexity index is 1250. The van der Waals surface area contributed by atoms with Crippen molar-refractivity contribution in [3.63, 3.8) is 0 Å². The maximum absolute atomic E-state index is 13.0. The minimum absolute atomic E-state index is 0.259. The van der Waals surface area contributed by atoms with Crippen LogP contribution in [0.1, 0.15) is 15.9 Å². The lowest BCUT2D eigenvalue weighted by atomic mass is 10.1. The Hall–Kier alpha value is -3.82. The molecule has 1 N–H and O–H groups in total. The second kappa shape index (κ2) is 9.35. The van der Waals surface area contributed by atoms with Gasteiger partial charge in [0.2, 0.25) is 5.89 Å². The van der Waals surface area contributed by atoms with Crippen LogP contribution in [0, 0.1) is 0 Å². The van der Waals surface area contributed by atoms with E-state index in [2.05, 4.69) is 25.2 Å². The van der Waals surface area contributed by atoms with Crippen molar-refractivity contribution in [2.24, 2.45) is 0 Å². The highest BCUT2D eigenvalue weighted by molar-refractivity contribution is 6.04. The minimum atomic E-state index is -0.259. The normalized spacial score (nSPS) is 14.3. The van der Waals surface area contributed by atoms with Crippen molar-refractivity contribution < 1.29 is 18.7 Å². The number of methoxy groups -OCH3 is 1. The Morgan fingerprint density at radius 2 is 2.00 bits per heavy atom. The molecule has 0 bridgehead atoms. The molecular formula is C24H23N5O4. The molecule has 0 spiro atoms. The molecule has 0 aliphatic carbocycles. The lowest BCUT2D eigenvalue weighted by Crippen LogP contribution is -2.35. The summed E-state index contributed by atoms with van der Waals surface area (Å²) in [4.78, 5) is 28.1. The molecule has 9 heteroatoms. The Morgan fingerprint density at radius 1 is 1.12 bits per heavy atom. The first-order valence-corrected chi connectivity index (χ1v) is 10.7. The zero-order chi connectivity index (χ0) is 22.6. The van der Waals surface area contributed by atoms with Gasteiger partial charge in [-0.1, -0.05) is 0 Å². The fraction of sp³-hybridized carbons (Fsp3) is 0.250. The first kappa shape index (κ1) is 21.0. The van der Waals surface area contributed by atoms with Crippen molar-refractivity contribution in [2.45, 2.75) is 6.54 Å². The molecule has 0 radical (unpaired) electrons. The van der Waals surface area contributed by atoms with Gasteiger partial charge in [0, 0.05) is 48.7 Å². The minimum Gasteiger partial charge on any atom is -0.496 e. The number of carbonyl (C=O) groups is 1. The number of fused-ring (bicyclic) bond motifs is 1. The number of ether oxygens (including phenoxy) is 2. The summed E-state index contributed by atoms with van der Waals surface area (Å²) in [6.07, 6.45) is 3.26. The molecule has 9 nitrogen and oxygen atoms in total. The number of aromatic nitrogens is 3. The molecule has 1 aliphatic heterocycles. The number of rotatable bonds is 6. The molecule has 0 unspecified atom stereocenters. The molecule has 1 saturated heterocycles. The number of anilines is 1. The average molecular weight is 445 g/mol. The number of nitrogens with zero attached hydrogens (tertiary/aromatic N) is 4. The fourth-order valence-corrected chi connectivity index (χ4v) is 3.76. The number of hydrogen-bond acceptors (Lipinski definition) is 8. The maximum Gasteiger partial charge on any atom is 0.256 e. The number of benzene rings is 1. The van der Waals surface area contributed by atoms with Gasteiger partial charge in [-0.15, -0.1) is 0 Å². The zero-order valence-corrected chi connectivity index (χ0v) is 18.2. The van der Waals surface area contributed by atoms with E-state index in [1.54, 1.807) is 49.8 Å². The van der Waals surface area contributed by atoms with E-state index in [9.17, 15) is 4.79 Å². The number of carbonyl (C=O) groups excluding carboxylic acids is 1. The van der Waals surface area contributed by atoms with Gasteiger partial charge in [0.1, 0.15) is 11.6 Å². The van der Waals surface area contributed by atoms with Gasteiger partial charge in [0.25, 0.3) is 5.91 Å². The summed E-state index contributed by atoms with van der Waals surface area (Å²) in [5, 5.41) is 2.86. The highest BCUT2D eigenvalue weighted by Gasteiger charge is 2.17. The molecule has 1 amide bonds. The molecule has 5 rings (SSSR count). The number of amides is 1. The predicted molar refractivity (Wildman–Crippen MR) is 122 cm³/mol. The molecule has 33 heavy (non-hydrogen) atoms. The summed E-state index contributed by atoms with van der Waals surface area (Å²) < 4.78 is 16.7. The van der Waals surface area contributed by atoms with E-state index in [0.29, 0.717) is 53.8 Å². The van der Waals surface area contributed by atoms with E-state index in [1.807, 2.05) is 12.1 Å². The molecule has 1 fully saturated rings. The van der Waals surface area contributed by atoms with Crippen LogP contribution >= 0.6 is 0 Å². The number of nitrogens with one attached hydrogen (secondary N) is 1. The van der Waals surface area contributed by atoms with E-state index in [-0.39, 0.29) is 5.91 Å². The maximum atomic E-state index is 13.0. The van der Waals surface area contributed by atoms with E-state index < -0.39 is 0 Å². The second-order valence-corrected chi connectivity index (χ2v) is 7.64. The third-order valence-corrected chi connectivity index (χ3v) is 5.45. The van der Waals surface area contributed by atoms with Crippen LogP contribution < -0.4 is 10.1 Å². The van der Waals surface area contributed by atoms with Crippen LogP contribution in [0.3, 0.4) is 0 Å². The fourth-order valence-electron chi connectivity index (χ4n) is 3.76.